The van der Waals surface area contributed by atoms with Crippen LogP contribution < -0.4 is 5.62 Å². The van der Waals surface area contributed by atoms with Crippen molar-refractivity contribution in [1.29, 1.82) is 5.41 Å². The van der Waals surface area contributed by atoms with Crippen molar-refractivity contribution in [2.24, 2.45) is 0 Å². The third kappa shape index (κ3) is 3.04. The van der Waals surface area contributed by atoms with Crippen LogP contribution in [0.5, 0.6) is 0 Å². The van der Waals surface area contributed by atoms with Crippen molar-refractivity contribution in [2.75, 3.05) is 0 Å². The first-order valence-electron chi connectivity index (χ1n) is 8.22. The Bertz CT molecular complexity index is 1030. The standard InChI is InChI=1S/C20H19N3OS/c21-20-22(13-15-7-2-1-3-8-15)16-9-4-5-10-17(16)23(20)14-18(24)19-11-6-12-25-19/h1-12,18,21,24H,13-14H2/t18-/m1/s1. The van der Waals surface area contributed by atoms with Gasteiger partial charge in [-0.1, -0.05) is 48.5 Å². The van der Waals surface area contributed by atoms with Crippen LogP contribution in [0.25, 0.3) is 11.0 Å². The number of benzene rings is 2. The van der Waals surface area contributed by atoms with Crippen LogP contribution in [0.15, 0.2) is 72.1 Å². The Morgan fingerprint density at radius 3 is 2.24 bits per heavy atom. The van der Waals surface area contributed by atoms with Gasteiger partial charge in [0.1, 0.15) is 6.10 Å². The number of aromatic nitrogens is 2. The molecule has 0 amide bonds. The Morgan fingerprint density at radius 2 is 1.56 bits per heavy atom. The van der Waals surface area contributed by atoms with Gasteiger partial charge < -0.3 is 14.2 Å². The van der Waals surface area contributed by atoms with Gasteiger partial charge in [0.25, 0.3) is 0 Å². The molecule has 0 radical (unpaired) electrons. The number of nitrogens with zero attached hydrogens (tertiary/aromatic N) is 2. The molecule has 1 atom stereocenters. The fourth-order valence-corrected chi connectivity index (χ4v) is 3.85. The molecule has 4 rings (SSSR count). The maximum absolute atomic E-state index is 10.5. The lowest BCUT2D eigenvalue weighted by Crippen LogP contribution is -2.27. The van der Waals surface area contributed by atoms with Crippen molar-refractivity contribution < 1.29 is 5.11 Å². The molecule has 0 aliphatic carbocycles. The molecule has 4 aromatic rings. The second-order valence-corrected chi connectivity index (χ2v) is 7.01. The number of thiophene rings is 1. The molecule has 0 bridgehead atoms. The van der Waals surface area contributed by atoms with E-state index in [1.165, 1.54) is 11.3 Å². The van der Waals surface area contributed by atoms with Crippen molar-refractivity contribution in [3.63, 3.8) is 0 Å². The van der Waals surface area contributed by atoms with E-state index < -0.39 is 6.10 Å². The van der Waals surface area contributed by atoms with Crippen molar-refractivity contribution in [1.82, 2.24) is 9.13 Å². The number of hydrogen-bond acceptors (Lipinski definition) is 3. The SMILES string of the molecule is N=c1n(Cc2ccccc2)c2ccccc2n1C[C@@H](O)c1cccs1. The maximum Gasteiger partial charge on any atom is 0.203 e. The Morgan fingerprint density at radius 1 is 0.880 bits per heavy atom. The molecule has 5 heteroatoms. The number of para-hydroxylation sites is 2. The summed E-state index contributed by atoms with van der Waals surface area (Å²) in [7, 11) is 0. The molecule has 4 nitrogen and oxygen atoms in total. The first-order chi connectivity index (χ1) is 12.2. The van der Waals surface area contributed by atoms with E-state index in [4.69, 9.17) is 5.41 Å². The molecule has 0 aliphatic heterocycles. The van der Waals surface area contributed by atoms with Crippen LogP contribution in [0.2, 0.25) is 0 Å². The summed E-state index contributed by atoms with van der Waals surface area (Å²) in [6.45, 7) is 1.02. The first-order valence-corrected chi connectivity index (χ1v) is 9.10. The second kappa shape index (κ2) is 6.70. The summed E-state index contributed by atoms with van der Waals surface area (Å²) < 4.78 is 3.88. The summed E-state index contributed by atoms with van der Waals surface area (Å²) in [4.78, 5) is 0.923. The number of nitrogens with one attached hydrogen (secondary N) is 1. The topological polar surface area (TPSA) is 53.9 Å². The second-order valence-electron chi connectivity index (χ2n) is 6.03. The number of aliphatic hydroxyl groups is 1. The lowest BCUT2D eigenvalue weighted by molar-refractivity contribution is 0.159. The van der Waals surface area contributed by atoms with Gasteiger partial charge >= 0.3 is 0 Å². The Kier molecular flexibility index (Phi) is 4.26. The Labute approximate surface area is 149 Å². The number of fused-ring (bicyclic) bond motifs is 1. The zero-order valence-electron chi connectivity index (χ0n) is 13.7. The average molecular weight is 349 g/mol. The fourth-order valence-electron chi connectivity index (χ4n) is 3.15. The molecule has 2 heterocycles. The van der Waals surface area contributed by atoms with Gasteiger partial charge in [0.15, 0.2) is 0 Å². The van der Waals surface area contributed by atoms with E-state index in [2.05, 4.69) is 12.1 Å². The van der Waals surface area contributed by atoms with Crippen LogP contribution in [0, 0.1) is 5.41 Å². The summed E-state index contributed by atoms with van der Waals surface area (Å²) >= 11 is 1.54. The van der Waals surface area contributed by atoms with E-state index in [0.717, 1.165) is 21.5 Å². The highest BCUT2D eigenvalue weighted by Crippen LogP contribution is 2.22. The highest BCUT2D eigenvalue weighted by atomic mass is 32.1. The molecule has 0 saturated carbocycles. The minimum absolute atomic E-state index is 0.377. The molecule has 2 aromatic heterocycles. The van der Waals surface area contributed by atoms with Crippen molar-refractivity contribution >= 4 is 22.4 Å². The van der Waals surface area contributed by atoms with Gasteiger partial charge in [0.2, 0.25) is 5.62 Å². The lowest BCUT2D eigenvalue weighted by atomic mass is 10.2. The molecule has 0 saturated heterocycles. The van der Waals surface area contributed by atoms with Gasteiger partial charge in [0, 0.05) is 4.88 Å². The molecule has 2 aromatic carbocycles. The lowest BCUT2D eigenvalue weighted by Gasteiger charge is -2.10. The van der Waals surface area contributed by atoms with Gasteiger partial charge in [-0.2, -0.15) is 0 Å². The number of rotatable bonds is 5. The highest BCUT2D eigenvalue weighted by Gasteiger charge is 2.15. The van der Waals surface area contributed by atoms with E-state index in [9.17, 15) is 5.11 Å². The summed E-state index contributed by atoms with van der Waals surface area (Å²) in [5.74, 6) is 0. The smallest absolute Gasteiger partial charge is 0.203 e. The van der Waals surface area contributed by atoms with Gasteiger partial charge in [-0.25, -0.2) is 0 Å². The van der Waals surface area contributed by atoms with Crippen LogP contribution in [0.1, 0.15) is 16.5 Å². The van der Waals surface area contributed by atoms with Crippen molar-refractivity contribution in [3.05, 3.63) is 88.2 Å². The van der Waals surface area contributed by atoms with E-state index in [1.54, 1.807) is 0 Å². The van der Waals surface area contributed by atoms with Crippen LogP contribution in [-0.2, 0) is 13.1 Å². The van der Waals surface area contributed by atoms with Crippen LogP contribution >= 0.6 is 11.3 Å². The predicted molar refractivity (Wildman–Crippen MR) is 101 cm³/mol. The zero-order valence-corrected chi connectivity index (χ0v) is 14.5. The Hall–Kier alpha value is -2.63. The van der Waals surface area contributed by atoms with E-state index >= 15 is 0 Å². The van der Waals surface area contributed by atoms with Crippen LogP contribution in [-0.4, -0.2) is 14.2 Å². The van der Waals surface area contributed by atoms with Crippen molar-refractivity contribution in [3.8, 4) is 0 Å². The summed E-state index contributed by atoms with van der Waals surface area (Å²) in [6.07, 6.45) is -0.606. The molecule has 0 spiro atoms. The monoisotopic (exact) mass is 349 g/mol. The predicted octanol–water partition coefficient (Wildman–Crippen LogP) is 3.77. The first kappa shape index (κ1) is 15.9. The fraction of sp³-hybridized carbons (Fsp3) is 0.150. The largest absolute Gasteiger partial charge is 0.386 e. The number of imidazole rings is 1. The van der Waals surface area contributed by atoms with Crippen LogP contribution in [0.4, 0.5) is 0 Å². The maximum atomic E-state index is 10.5. The zero-order chi connectivity index (χ0) is 17.2. The van der Waals surface area contributed by atoms with E-state index in [0.29, 0.717) is 18.7 Å². The van der Waals surface area contributed by atoms with Gasteiger partial charge in [-0.15, -0.1) is 11.3 Å². The van der Waals surface area contributed by atoms with Crippen LogP contribution in [0.3, 0.4) is 0 Å². The van der Waals surface area contributed by atoms with Gasteiger partial charge in [0.05, 0.1) is 24.1 Å². The summed E-state index contributed by atoms with van der Waals surface area (Å²) in [6, 6.07) is 22.0. The highest BCUT2D eigenvalue weighted by molar-refractivity contribution is 7.10. The van der Waals surface area contributed by atoms with Crippen molar-refractivity contribution in [2.45, 2.75) is 19.2 Å². The molecule has 0 aliphatic rings. The minimum atomic E-state index is -0.606. The summed E-state index contributed by atoms with van der Waals surface area (Å²) in [5.41, 5.74) is 3.54. The number of hydrogen-bond donors (Lipinski definition) is 2. The van der Waals surface area contributed by atoms with E-state index in [-0.39, 0.29) is 0 Å². The Balaban J connectivity index is 1.77. The molecule has 126 valence electrons. The molecule has 2 N–H and O–H groups in total. The quantitative estimate of drug-likeness (QED) is 0.566. The third-order valence-electron chi connectivity index (χ3n) is 4.39. The molecule has 0 fully saturated rings. The summed E-state index contributed by atoms with van der Waals surface area (Å²) in [5, 5.41) is 21.2. The van der Waals surface area contributed by atoms with E-state index in [1.807, 2.05) is 69.1 Å². The molecule has 25 heavy (non-hydrogen) atoms. The van der Waals surface area contributed by atoms with Gasteiger partial charge in [-0.3, -0.25) is 5.41 Å². The normalized spacial score (nSPS) is 12.5. The number of aliphatic hydroxyl groups excluding tert-OH is 1. The molecular formula is C20H19N3OS. The third-order valence-corrected chi connectivity index (χ3v) is 5.36. The molecule has 0 unspecified atom stereocenters. The minimum Gasteiger partial charge on any atom is -0.386 e. The van der Waals surface area contributed by atoms with Gasteiger partial charge in [-0.05, 0) is 29.1 Å². The molecular weight excluding hydrogens is 330 g/mol. The average Bonchev–Trinajstić information content (AvgIpc) is 3.26.